The molecular formula is C19H19FN2O3. The van der Waals surface area contributed by atoms with Gasteiger partial charge < -0.3 is 14.9 Å². The third-order valence-electron chi connectivity index (χ3n) is 4.08. The van der Waals surface area contributed by atoms with Gasteiger partial charge in [-0.05, 0) is 36.8 Å². The zero-order valence-electron chi connectivity index (χ0n) is 14.0. The van der Waals surface area contributed by atoms with Gasteiger partial charge in [-0.25, -0.2) is 4.39 Å². The first-order valence-corrected chi connectivity index (χ1v) is 7.87. The van der Waals surface area contributed by atoms with Crippen molar-refractivity contribution in [2.24, 2.45) is 5.73 Å². The first-order valence-electron chi connectivity index (χ1n) is 7.87. The molecule has 3 rings (SSSR count). The highest BCUT2D eigenvalue weighted by molar-refractivity contribution is 5.84. The highest BCUT2D eigenvalue weighted by Crippen LogP contribution is 2.31. The lowest BCUT2D eigenvalue weighted by molar-refractivity contribution is -0.120. The van der Waals surface area contributed by atoms with E-state index in [0.717, 1.165) is 5.39 Å². The Hall–Kier alpha value is -2.86. The maximum absolute atomic E-state index is 13.1. The highest BCUT2D eigenvalue weighted by atomic mass is 19.1. The van der Waals surface area contributed by atoms with E-state index in [1.807, 2.05) is 31.2 Å². The molecule has 1 heterocycles. The van der Waals surface area contributed by atoms with Crippen molar-refractivity contribution in [3.8, 4) is 5.75 Å². The number of methoxy groups -OCH3 is 1. The zero-order valence-corrected chi connectivity index (χ0v) is 14.0. The number of para-hydroxylation sites is 1. The fraction of sp³-hybridized carbons (Fsp3) is 0.211. The van der Waals surface area contributed by atoms with E-state index < -0.39 is 11.9 Å². The molecule has 1 amide bonds. The van der Waals surface area contributed by atoms with Crippen molar-refractivity contribution < 1.29 is 18.3 Å². The molecule has 0 aliphatic carbocycles. The maximum Gasteiger partial charge on any atom is 0.239 e. The number of rotatable bonds is 6. The van der Waals surface area contributed by atoms with Crippen molar-refractivity contribution in [1.82, 2.24) is 5.32 Å². The van der Waals surface area contributed by atoms with E-state index in [0.29, 0.717) is 22.7 Å². The number of carbonyl (C=O) groups is 1. The number of primary amides is 1. The normalized spacial score (nSPS) is 13.6. The van der Waals surface area contributed by atoms with Crippen molar-refractivity contribution in [3.05, 3.63) is 65.7 Å². The third-order valence-corrected chi connectivity index (χ3v) is 4.08. The molecule has 0 aliphatic rings. The zero-order chi connectivity index (χ0) is 18.0. The Balaban J connectivity index is 1.87. The topological polar surface area (TPSA) is 77.5 Å². The van der Waals surface area contributed by atoms with Crippen LogP contribution < -0.4 is 15.8 Å². The fourth-order valence-corrected chi connectivity index (χ4v) is 2.76. The third kappa shape index (κ3) is 3.49. The smallest absolute Gasteiger partial charge is 0.239 e. The Kier molecular flexibility index (Phi) is 4.72. The van der Waals surface area contributed by atoms with Gasteiger partial charge in [0.2, 0.25) is 5.91 Å². The van der Waals surface area contributed by atoms with Crippen LogP contribution in [0.2, 0.25) is 0 Å². The van der Waals surface area contributed by atoms with Crippen LogP contribution >= 0.6 is 0 Å². The minimum absolute atomic E-state index is 0.292. The van der Waals surface area contributed by atoms with Crippen LogP contribution in [0.4, 0.5) is 4.39 Å². The first-order chi connectivity index (χ1) is 12.0. The summed E-state index contributed by atoms with van der Waals surface area (Å²) in [4.78, 5) is 11.8. The second kappa shape index (κ2) is 6.94. The minimum Gasteiger partial charge on any atom is -0.493 e. The molecule has 0 radical (unpaired) electrons. The summed E-state index contributed by atoms with van der Waals surface area (Å²) in [6.07, 6.45) is 0. The number of amides is 1. The van der Waals surface area contributed by atoms with Crippen LogP contribution in [0, 0.1) is 5.82 Å². The summed E-state index contributed by atoms with van der Waals surface area (Å²) in [7, 11) is 1.58. The molecular weight excluding hydrogens is 323 g/mol. The number of halogens is 1. The summed E-state index contributed by atoms with van der Waals surface area (Å²) in [6.45, 7) is 1.86. The van der Waals surface area contributed by atoms with Crippen LogP contribution in [0.5, 0.6) is 5.75 Å². The van der Waals surface area contributed by atoms with Gasteiger partial charge in [0.15, 0.2) is 11.3 Å². The van der Waals surface area contributed by atoms with Crippen LogP contribution in [0.3, 0.4) is 0 Å². The van der Waals surface area contributed by atoms with Gasteiger partial charge in [0, 0.05) is 5.39 Å². The van der Waals surface area contributed by atoms with Crippen LogP contribution in [-0.4, -0.2) is 13.0 Å². The Bertz CT molecular complexity index is 889. The van der Waals surface area contributed by atoms with Crippen LogP contribution in [0.15, 0.2) is 52.9 Å². The summed E-state index contributed by atoms with van der Waals surface area (Å²) in [6, 6.07) is 12.1. The number of hydrogen-bond acceptors (Lipinski definition) is 4. The van der Waals surface area contributed by atoms with E-state index in [-0.39, 0.29) is 11.9 Å². The molecule has 25 heavy (non-hydrogen) atoms. The number of nitrogens with two attached hydrogens (primary N) is 1. The average Bonchev–Trinajstić information content (AvgIpc) is 3.04. The summed E-state index contributed by atoms with van der Waals surface area (Å²) in [5, 5.41) is 4.04. The predicted molar refractivity (Wildman–Crippen MR) is 92.7 cm³/mol. The molecule has 0 fully saturated rings. The van der Waals surface area contributed by atoms with Gasteiger partial charge in [0.25, 0.3) is 0 Å². The average molecular weight is 342 g/mol. The molecule has 5 nitrogen and oxygen atoms in total. The lowest BCUT2D eigenvalue weighted by atomic mass is 10.0. The number of hydrogen-bond donors (Lipinski definition) is 2. The number of ether oxygens (including phenoxy) is 1. The molecule has 0 spiro atoms. The Morgan fingerprint density at radius 1 is 1.24 bits per heavy atom. The molecule has 1 aromatic heterocycles. The molecule has 0 aliphatic heterocycles. The molecule has 3 N–H and O–H groups in total. The van der Waals surface area contributed by atoms with Gasteiger partial charge in [-0.1, -0.05) is 24.3 Å². The largest absolute Gasteiger partial charge is 0.493 e. The quantitative estimate of drug-likeness (QED) is 0.719. The molecule has 0 unspecified atom stereocenters. The molecule has 130 valence electrons. The molecule has 0 saturated heterocycles. The van der Waals surface area contributed by atoms with E-state index in [2.05, 4.69) is 5.32 Å². The summed E-state index contributed by atoms with van der Waals surface area (Å²) < 4.78 is 24.3. The van der Waals surface area contributed by atoms with Gasteiger partial charge in [-0.15, -0.1) is 0 Å². The standard InChI is InChI=1S/C19H19FN2O3/c1-11(16-10-13-4-3-5-15(24-2)18(13)25-16)22-17(19(21)23)12-6-8-14(20)9-7-12/h3-11,17,22H,1-2H3,(H2,21,23)/t11-,17+/m0/s1. The van der Waals surface area contributed by atoms with Gasteiger partial charge >= 0.3 is 0 Å². The fourth-order valence-electron chi connectivity index (χ4n) is 2.76. The Labute approximate surface area is 144 Å². The minimum atomic E-state index is -0.759. The molecule has 2 aromatic carbocycles. The Morgan fingerprint density at radius 2 is 1.96 bits per heavy atom. The SMILES string of the molecule is COc1cccc2cc([C@H](C)N[C@@H](C(N)=O)c3ccc(F)cc3)oc12. The number of furan rings is 1. The predicted octanol–water partition coefficient (Wildman–Crippen LogP) is 3.46. The molecule has 2 atom stereocenters. The second-order valence-corrected chi connectivity index (χ2v) is 5.80. The van der Waals surface area contributed by atoms with Crippen LogP contribution in [0.1, 0.15) is 30.3 Å². The molecule has 3 aromatic rings. The lowest BCUT2D eigenvalue weighted by Gasteiger charge is -2.20. The second-order valence-electron chi connectivity index (χ2n) is 5.80. The number of nitrogens with one attached hydrogen (secondary N) is 1. The highest BCUT2D eigenvalue weighted by Gasteiger charge is 2.23. The van der Waals surface area contributed by atoms with E-state index >= 15 is 0 Å². The van der Waals surface area contributed by atoms with Gasteiger partial charge in [-0.2, -0.15) is 0 Å². The molecule has 0 bridgehead atoms. The van der Waals surface area contributed by atoms with E-state index in [1.54, 1.807) is 7.11 Å². The molecule has 0 saturated carbocycles. The van der Waals surface area contributed by atoms with E-state index in [9.17, 15) is 9.18 Å². The van der Waals surface area contributed by atoms with E-state index in [1.165, 1.54) is 24.3 Å². The summed E-state index contributed by atoms with van der Waals surface area (Å²) in [5.41, 5.74) is 6.74. The monoisotopic (exact) mass is 342 g/mol. The number of benzene rings is 2. The summed E-state index contributed by atoms with van der Waals surface area (Å²) in [5.74, 6) is 0.366. The van der Waals surface area contributed by atoms with Crippen LogP contribution in [0.25, 0.3) is 11.0 Å². The summed E-state index contributed by atoms with van der Waals surface area (Å²) >= 11 is 0. The maximum atomic E-state index is 13.1. The van der Waals surface area contributed by atoms with Gasteiger partial charge in [-0.3, -0.25) is 10.1 Å². The van der Waals surface area contributed by atoms with Crippen molar-refractivity contribution in [1.29, 1.82) is 0 Å². The van der Waals surface area contributed by atoms with Gasteiger partial charge in [0.1, 0.15) is 17.6 Å². The lowest BCUT2D eigenvalue weighted by Crippen LogP contribution is -2.35. The van der Waals surface area contributed by atoms with Gasteiger partial charge in [0.05, 0.1) is 13.2 Å². The van der Waals surface area contributed by atoms with Crippen molar-refractivity contribution >= 4 is 16.9 Å². The van der Waals surface area contributed by atoms with Crippen molar-refractivity contribution in [2.45, 2.75) is 19.0 Å². The number of carbonyl (C=O) groups excluding carboxylic acids is 1. The Morgan fingerprint density at radius 3 is 2.60 bits per heavy atom. The first kappa shape index (κ1) is 17.0. The van der Waals surface area contributed by atoms with Crippen molar-refractivity contribution in [2.75, 3.05) is 7.11 Å². The molecule has 6 heteroatoms. The van der Waals surface area contributed by atoms with E-state index in [4.69, 9.17) is 14.9 Å². The number of fused-ring (bicyclic) bond motifs is 1. The van der Waals surface area contributed by atoms with Crippen LogP contribution in [-0.2, 0) is 4.79 Å². The van der Waals surface area contributed by atoms with Crippen molar-refractivity contribution in [3.63, 3.8) is 0 Å².